The molecule has 0 nitrogen and oxygen atoms in total. The normalized spacial score (nSPS) is 15.1. The van der Waals surface area contributed by atoms with Crippen LogP contribution in [0.2, 0.25) is 25.7 Å². The Morgan fingerprint density at radius 3 is 1.91 bits per heavy atom. The Morgan fingerprint density at radius 2 is 1.64 bits per heavy atom. The van der Waals surface area contributed by atoms with Gasteiger partial charge in [-0.3, -0.25) is 0 Å². The van der Waals surface area contributed by atoms with Crippen molar-refractivity contribution >= 4 is 28.0 Å². The van der Waals surface area contributed by atoms with Gasteiger partial charge in [0.25, 0.3) is 0 Å². The summed E-state index contributed by atoms with van der Waals surface area (Å²) in [5, 5.41) is 0. The van der Waals surface area contributed by atoms with E-state index in [0.29, 0.717) is 0 Å². The predicted molar refractivity (Wildman–Crippen MR) is 62.9 cm³/mol. The third kappa shape index (κ3) is 10.9. The van der Waals surface area contributed by atoms with Crippen molar-refractivity contribution in [3.8, 4) is 0 Å². The minimum Gasteiger partial charge on any atom is -0.169 e. The van der Waals surface area contributed by atoms with Gasteiger partial charge in [0.15, 0.2) is 0 Å². The molecule has 0 rings (SSSR count). The van der Waals surface area contributed by atoms with Crippen molar-refractivity contribution in [3.63, 3.8) is 0 Å². The highest BCUT2D eigenvalue weighted by atomic mass is 35.7. The van der Waals surface area contributed by atoms with Crippen molar-refractivity contribution in [2.75, 3.05) is 18.3 Å². The van der Waals surface area contributed by atoms with E-state index >= 15 is 0 Å². The summed E-state index contributed by atoms with van der Waals surface area (Å²) in [4.78, 5) is 0. The standard InChI is InChI=1S/C8H21ClSSi/c1-10(2,9)7-6-8-11(3,4)5/h6-8H2,1-5H3. The first-order chi connectivity index (χ1) is 4.71. The Bertz CT molecular complexity index is 98.2. The maximum absolute atomic E-state index is 6.16. The largest absolute Gasteiger partial charge is 0.169 e. The van der Waals surface area contributed by atoms with Crippen LogP contribution in [0.1, 0.15) is 6.42 Å². The molecule has 3 heteroatoms. The zero-order chi connectivity index (χ0) is 9.12. The van der Waals surface area contributed by atoms with E-state index in [9.17, 15) is 0 Å². The van der Waals surface area contributed by atoms with Gasteiger partial charge in [-0.15, -0.1) is 0 Å². The van der Waals surface area contributed by atoms with Gasteiger partial charge in [0.2, 0.25) is 0 Å². The van der Waals surface area contributed by atoms with Crippen LogP contribution in [-0.2, 0) is 0 Å². The summed E-state index contributed by atoms with van der Waals surface area (Å²) in [5.74, 6) is 1.23. The Hall–Kier alpha value is 0.857. The maximum atomic E-state index is 6.16. The van der Waals surface area contributed by atoms with Gasteiger partial charge in [-0.2, -0.15) is 9.24 Å². The van der Waals surface area contributed by atoms with E-state index in [1.54, 1.807) is 0 Å². The fourth-order valence-corrected chi connectivity index (χ4v) is 3.60. The van der Waals surface area contributed by atoms with Gasteiger partial charge in [-0.25, -0.2) is 0 Å². The number of hydrogen-bond donors (Lipinski definition) is 0. The number of halogens is 1. The van der Waals surface area contributed by atoms with Crippen molar-refractivity contribution in [2.24, 2.45) is 0 Å². The first kappa shape index (κ1) is 11.9. The minimum absolute atomic E-state index is 0.752. The molecule has 0 aromatic heterocycles. The molecule has 0 N–H and O–H groups in total. The molecule has 0 aromatic carbocycles. The lowest BCUT2D eigenvalue weighted by Crippen LogP contribution is -2.19. The quantitative estimate of drug-likeness (QED) is 0.620. The third-order valence-electron chi connectivity index (χ3n) is 1.56. The van der Waals surface area contributed by atoms with Crippen molar-refractivity contribution in [2.45, 2.75) is 32.1 Å². The summed E-state index contributed by atoms with van der Waals surface area (Å²) in [7, 11) is 4.61. The second-order valence-electron chi connectivity index (χ2n) is 4.77. The monoisotopic (exact) mass is 212 g/mol. The van der Waals surface area contributed by atoms with Crippen LogP contribution >= 0.6 is 19.9 Å². The van der Waals surface area contributed by atoms with Crippen molar-refractivity contribution in [3.05, 3.63) is 0 Å². The molecule has 0 radical (unpaired) electrons. The SMILES string of the molecule is C[Si](C)(C)CCCS(C)(C)Cl. The van der Waals surface area contributed by atoms with Crippen LogP contribution in [0.3, 0.4) is 0 Å². The highest BCUT2D eigenvalue weighted by Crippen LogP contribution is 2.46. The topological polar surface area (TPSA) is 0 Å². The molecule has 0 aliphatic rings. The Balaban J connectivity index is 3.44. The van der Waals surface area contributed by atoms with Crippen molar-refractivity contribution in [1.29, 1.82) is 0 Å². The van der Waals surface area contributed by atoms with Crippen LogP contribution in [0.4, 0.5) is 0 Å². The smallest absolute Gasteiger partial charge is 0.0442 e. The Kier molecular flexibility index (Phi) is 4.52. The molecule has 0 fully saturated rings. The summed E-state index contributed by atoms with van der Waals surface area (Å²) >= 11 is 0. The molecule has 11 heavy (non-hydrogen) atoms. The molecule has 0 spiro atoms. The van der Waals surface area contributed by atoms with Crippen LogP contribution in [0.5, 0.6) is 0 Å². The lowest BCUT2D eigenvalue weighted by atomic mass is 10.6. The van der Waals surface area contributed by atoms with E-state index in [0.717, 1.165) is 0 Å². The highest BCUT2D eigenvalue weighted by Gasteiger charge is 2.14. The van der Waals surface area contributed by atoms with Gasteiger partial charge in [0.1, 0.15) is 0 Å². The molecule has 0 aliphatic carbocycles. The third-order valence-corrected chi connectivity index (χ3v) is 5.13. The lowest BCUT2D eigenvalue weighted by Gasteiger charge is -2.23. The second kappa shape index (κ2) is 4.20. The fraction of sp³-hybridized carbons (Fsp3) is 1.00. The van der Waals surface area contributed by atoms with E-state index in [1.807, 2.05) is 0 Å². The van der Waals surface area contributed by atoms with Gasteiger partial charge in [-0.1, -0.05) is 36.4 Å². The molecular weight excluding hydrogens is 192 g/mol. The molecule has 0 saturated heterocycles. The van der Waals surface area contributed by atoms with Crippen LogP contribution in [0.15, 0.2) is 0 Å². The van der Waals surface area contributed by atoms with Crippen LogP contribution in [0, 0.1) is 0 Å². The summed E-state index contributed by atoms with van der Waals surface area (Å²) in [6.45, 7) is 7.26. The van der Waals surface area contributed by atoms with Crippen molar-refractivity contribution in [1.82, 2.24) is 0 Å². The van der Waals surface area contributed by atoms with E-state index in [4.69, 9.17) is 10.7 Å². The average Bonchev–Trinajstić information content (AvgIpc) is 1.55. The van der Waals surface area contributed by atoms with E-state index in [1.165, 1.54) is 18.2 Å². The first-order valence-electron chi connectivity index (χ1n) is 4.11. The lowest BCUT2D eigenvalue weighted by molar-refractivity contribution is 1.06. The number of hydrogen-bond acceptors (Lipinski definition) is 0. The zero-order valence-electron chi connectivity index (χ0n) is 8.41. The van der Waals surface area contributed by atoms with Gasteiger partial charge >= 0.3 is 0 Å². The number of rotatable bonds is 4. The molecule has 70 valence electrons. The molecule has 0 heterocycles. The van der Waals surface area contributed by atoms with Gasteiger partial charge in [-0.05, 0) is 24.7 Å². The average molecular weight is 213 g/mol. The molecule has 0 bridgehead atoms. The van der Waals surface area contributed by atoms with E-state index in [-0.39, 0.29) is 0 Å². The van der Waals surface area contributed by atoms with Crippen molar-refractivity contribution < 1.29 is 0 Å². The van der Waals surface area contributed by atoms with E-state index < -0.39 is 17.3 Å². The second-order valence-corrected chi connectivity index (χ2v) is 16.1. The van der Waals surface area contributed by atoms with Crippen LogP contribution in [-0.4, -0.2) is 26.3 Å². The molecule has 0 saturated carbocycles. The Morgan fingerprint density at radius 1 is 1.18 bits per heavy atom. The van der Waals surface area contributed by atoms with Gasteiger partial charge in [0, 0.05) is 8.07 Å². The van der Waals surface area contributed by atoms with Crippen LogP contribution < -0.4 is 0 Å². The van der Waals surface area contributed by atoms with Gasteiger partial charge in [0.05, 0.1) is 0 Å². The zero-order valence-corrected chi connectivity index (χ0v) is 11.0. The highest BCUT2D eigenvalue weighted by molar-refractivity contribution is 8.50. The first-order valence-corrected chi connectivity index (χ1v) is 11.3. The molecule has 0 aliphatic heterocycles. The fourth-order valence-electron chi connectivity index (χ4n) is 0.946. The van der Waals surface area contributed by atoms with E-state index in [2.05, 4.69) is 32.2 Å². The minimum atomic E-state index is -0.802. The van der Waals surface area contributed by atoms with Gasteiger partial charge < -0.3 is 0 Å². The molecule has 0 atom stereocenters. The van der Waals surface area contributed by atoms with Crippen LogP contribution in [0.25, 0.3) is 0 Å². The molecule has 0 unspecified atom stereocenters. The molecular formula is C8H21ClSSi. The molecule has 0 aromatic rings. The molecule has 0 amide bonds. The summed E-state index contributed by atoms with van der Waals surface area (Å²) in [6.07, 6.45) is 5.69. The maximum Gasteiger partial charge on any atom is 0.0442 e. The summed E-state index contributed by atoms with van der Waals surface area (Å²) < 4.78 is 0. The summed E-state index contributed by atoms with van der Waals surface area (Å²) in [5.41, 5.74) is 0. The predicted octanol–water partition coefficient (Wildman–Crippen LogP) is 3.93. The summed E-state index contributed by atoms with van der Waals surface area (Å²) in [6, 6.07) is 1.43. The Labute approximate surface area is 78.5 Å².